The third-order valence-electron chi connectivity index (χ3n) is 7.65. The van der Waals surface area contributed by atoms with Gasteiger partial charge in [-0.1, -0.05) is 25.0 Å². The van der Waals surface area contributed by atoms with Gasteiger partial charge in [0.25, 0.3) is 0 Å². The van der Waals surface area contributed by atoms with Crippen molar-refractivity contribution in [3.8, 4) is 5.75 Å². The van der Waals surface area contributed by atoms with E-state index in [0.717, 1.165) is 36.9 Å². The summed E-state index contributed by atoms with van der Waals surface area (Å²) in [6.07, 6.45) is 7.95. The van der Waals surface area contributed by atoms with Gasteiger partial charge >= 0.3 is 0 Å². The summed E-state index contributed by atoms with van der Waals surface area (Å²) in [5, 5.41) is 7.32. The molecule has 0 aromatic heterocycles. The largest absolute Gasteiger partial charge is 0.488 e. The van der Waals surface area contributed by atoms with Crippen LogP contribution in [0.2, 0.25) is 0 Å². The molecule has 4 unspecified atom stereocenters. The fourth-order valence-electron chi connectivity index (χ4n) is 6.13. The SMILES string of the molecule is CN=C(NCc1ccc(C)cc1OC1CCOC1)NC1C2CCOC2C12CCCC2.I. The quantitative estimate of drug-likeness (QED) is 0.338. The van der Waals surface area contributed by atoms with Gasteiger partial charge in [0, 0.05) is 49.6 Å². The summed E-state index contributed by atoms with van der Waals surface area (Å²) in [5.41, 5.74) is 2.68. The Morgan fingerprint density at radius 3 is 2.81 bits per heavy atom. The van der Waals surface area contributed by atoms with Gasteiger partial charge in [-0.05, 0) is 37.8 Å². The number of rotatable bonds is 5. The van der Waals surface area contributed by atoms with E-state index in [0.29, 0.717) is 36.6 Å². The summed E-state index contributed by atoms with van der Waals surface area (Å²) >= 11 is 0. The molecule has 4 aliphatic rings. The molecule has 4 fully saturated rings. The molecule has 4 atom stereocenters. The Hall–Kier alpha value is -1.06. The average Bonchev–Trinajstić information content (AvgIpc) is 3.50. The van der Waals surface area contributed by atoms with Gasteiger partial charge in [0.05, 0.1) is 19.3 Å². The highest BCUT2D eigenvalue weighted by molar-refractivity contribution is 14.0. The summed E-state index contributed by atoms with van der Waals surface area (Å²) in [7, 11) is 1.86. The van der Waals surface area contributed by atoms with Crippen molar-refractivity contribution in [2.75, 3.05) is 26.9 Å². The van der Waals surface area contributed by atoms with Crippen LogP contribution in [0.1, 0.15) is 49.7 Å². The molecule has 2 aliphatic heterocycles. The number of nitrogens with zero attached hydrogens (tertiary/aromatic N) is 1. The summed E-state index contributed by atoms with van der Waals surface area (Å²) in [5.74, 6) is 2.46. The first-order valence-electron chi connectivity index (χ1n) is 11.6. The zero-order valence-corrected chi connectivity index (χ0v) is 21.0. The van der Waals surface area contributed by atoms with Crippen molar-refractivity contribution in [2.24, 2.45) is 16.3 Å². The summed E-state index contributed by atoms with van der Waals surface area (Å²) < 4.78 is 17.9. The van der Waals surface area contributed by atoms with E-state index in [1.54, 1.807) is 0 Å². The molecule has 0 radical (unpaired) electrons. The van der Waals surface area contributed by atoms with Gasteiger partial charge in [0.15, 0.2) is 5.96 Å². The van der Waals surface area contributed by atoms with Gasteiger partial charge in [0.1, 0.15) is 11.9 Å². The van der Waals surface area contributed by atoms with Crippen molar-refractivity contribution in [2.45, 2.75) is 70.2 Å². The van der Waals surface area contributed by atoms with Crippen LogP contribution in [0.4, 0.5) is 0 Å². The lowest BCUT2D eigenvalue weighted by Crippen LogP contribution is -2.69. The second kappa shape index (κ2) is 9.83. The normalized spacial score (nSPS) is 31.1. The monoisotopic (exact) mass is 541 g/mol. The molecule has 5 rings (SSSR count). The van der Waals surface area contributed by atoms with E-state index in [2.05, 4.69) is 40.7 Å². The first-order chi connectivity index (χ1) is 14.7. The minimum absolute atomic E-state index is 0. The number of guanidine groups is 1. The van der Waals surface area contributed by atoms with Crippen LogP contribution in [-0.4, -0.2) is 51.1 Å². The molecule has 31 heavy (non-hydrogen) atoms. The Kier molecular flexibility index (Phi) is 7.33. The molecule has 1 aromatic rings. The van der Waals surface area contributed by atoms with Gasteiger partial charge in [-0.3, -0.25) is 4.99 Å². The predicted molar refractivity (Wildman–Crippen MR) is 132 cm³/mol. The number of aryl methyl sites for hydroxylation is 1. The fourth-order valence-corrected chi connectivity index (χ4v) is 6.13. The third-order valence-corrected chi connectivity index (χ3v) is 7.65. The number of fused-ring (bicyclic) bond motifs is 2. The summed E-state index contributed by atoms with van der Waals surface area (Å²) in [4.78, 5) is 4.54. The minimum Gasteiger partial charge on any atom is -0.488 e. The minimum atomic E-state index is 0. The zero-order valence-electron chi connectivity index (χ0n) is 18.7. The topological polar surface area (TPSA) is 64.1 Å². The Balaban J connectivity index is 0.00000231. The number of nitrogens with one attached hydrogen (secondary N) is 2. The second-order valence-electron chi connectivity index (χ2n) is 9.45. The maximum atomic E-state index is 6.26. The lowest BCUT2D eigenvalue weighted by molar-refractivity contribution is -0.125. The molecule has 6 nitrogen and oxygen atoms in total. The number of halogens is 1. The summed E-state index contributed by atoms with van der Waals surface area (Å²) in [6.45, 7) is 5.17. The van der Waals surface area contributed by atoms with Crippen molar-refractivity contribution in [3.63, 3.8) is 0 Å². The van der Waals surface area contributed by atoms with Crippen molar-refractivity contribution in [1.29, 1.82) is 0 Å². The van der Waals surface area contributed by atoms with Crippen molar-refractivity contribution in [1.82, 2.24) is 10.6 Å². The standard InChI is InChI=1S/C24H35N3O3.HI/c1-16-5-6-17(20(13-16)30-18-7-11-28-15-18)14-26-23(25-2)27-21-19-8-12-29-22(19)24(21)9-3-4-10-24;/h5-6,13,18-19,21-22H,3-4,7-12,14-15H2,1-2H3,(H2,25,26,27);1H. The van der Waals surface area contributed by atoms with Crippen LogP contribution in [0, 0.1) is 18.3 Å². The van der Waals surface area contributed by atoms with Crippen molar-refractivity contribution >= 4 is 29.9 Å². The Bertz CT molecular complexity index is 790. The van der Waals surface area contributed by atoms with Crippen molar-refractivity contribution in [3.05, 3.63) is 29.3 Å². The van der Waals surface area contributed by atoms with Crippen LogP contribution in [0.25, 0.3) is 0 Å². The van der Waals surface area contributed by atoms with Crippen LogP contribution in [-0.2, 0) is 16.0 Å². The zero-order chi connectivity index (χ0) is 20.6. The number of hydrogen-bond donors (Lipinski definition) is 2. The average molecular weight is 541 g/mol. The highest BCUT2D eigenvalue weighted by Crippen LogP contribution is 2.60. The van der Waals surface area contributed by atoms with E-state index in [1.807, 2.05) is 7.05 Å². The molecule has 2 saturated carbocycles. The predicted octanol–water partition coefficient (Wildman–Crippen LogP) is 3.79. The van der Waals surface area contributed by atoms with E-state index >= 15 is 0 Å². The highest BCUT2D eigenvalue weighted by Gasteiger charge is 2.65. The molecule has 172 valence electrons. The Morgan fingerprint density at radius 2 is 2.06 bits per heavy atom. The third kappa shape index (κ3) is 4.42. The van der Waals surface area contributed by atoms with E-state index < -0.39 is 0 Å². The maximum absolute atomic E-state index is 6.26. The number of hydrogen-bond acceptors (Lipinski definition) is 4. The molecule has 2 aliphatic carbocycles. The van der Waals surface area contributed by atoms with Crippen LogP contribution in [0.5, 0.6) is 5.75 Å². The highest BCUT2D eigenvalue weighted by atomic mass is 127. The first kappa shape index (κ1) is 23.1. The molecular formula is C24H36IN3O3. The molecule has 1 aromatic carbocycles. The summed E-state index contributed by atoms with van der Waals surface area (Å²) in [6, 6.07) is 6.91. The number of aliphatic imine (C=N–C) groups is 1. The second-order valence-corrected chi connectivity index (χ2v) is 9.45. The molecule has 7 heteroatoms. The molecule has 2 N–H and O–H groups in total. The molecule has 0 amide bonds. The van der Waals surface area contributed by atoms with Gasteiger partial charge in [-0.25, -0.2) is 0 Å². The van der Waals surface area contributed by atoms with Gasteiger partial charge in [-0.15, -0.1) is 24.0 Å². The van der Waals surface area contributed by atoms with Gasteiger partial charge in [-0.2, -0.15) is 0 Å². The Morgan fingerprint density at radius 1 is 1.23 bits per heavy atom. The number of ether oxygens (including phenoxy) is 3. The van der Waals surface area contributed by atoms with E-state index in [-0.39, 0.29) is 30.1 Å². The Labute approximate surface area is 202 Å². The lowest BCUT2D eigenvalue weighted by atomic mass is 9.54. The number of benzene rings is 1. The van der Waals surface area contributed by atoms with E-state index in [1.165, 1.54) is 37.7 Å². The van der Waals surface area contributed by atoms with Gasteiger partial charge in [0.2, 0.25) is 0 Å². The van der Waals surface area contributed by atoms with Crippen molar-refractivity contribution < 1.29 is 14.2 Å². The van der Waals surface area contributed by atoms with Crippen LogP contribution >= 0.6 is 24.0 Å². The molecular weight excluding hydrogens is 505 g/mol. The lowest BCUT2D eigenvalue weighted by Gasteiger charge is -2.57. The molecule has 1 spiro atoms. The fraction of sp³-hybridized carbons (Fsp3) is 0.708. The smallest absolute Gasteiger partial charge is 0.191 e. The van der Waals surface area contributed by atoms with Crippen LogP contribution in [0.3, 0.4) is 0 Å². The van der Waals surface area contributed by atoms with E-state index in [4.69, 9.17) is 14.2 Å². The maximum Gasteiger partial charge on any atom is 0.191 e. The van der Waals surface area contributed by atoms with Crippen LogP contribution < -0.4 is 15.4 Å². The van der Waals surface area contributed by atoms with E-state index in [9.17, 15) is 0 Å². The van der Waals surface area contributed by atoms with Gasteiger partial charge < -0.3 is 24.8 Å². The first-order valence-corrected chi connectivity index (χ1v) is 11.6. The molecule has 2 saturated heterocycles. The molecule has 0 bridgehead atoms. The van der Waals surface area contributed by atoms with Crippen LogP contribution in [0.15, 0.2) is 23.2 Å². The molecule has 2 heterocycles.